The highest BCUT2D eigenvalue weighted by Crippen LogP contribution is 2.33. The van der Waals surface area contributed by atoms with Crippen LogP contribution in [0.4, 0.5) is 0 Å². The molecule has 1 nitrogen and oxygen atoms in total. The van der Waals surface area contributed by atoms with Crippen LogP contribution in [0.1, 0.15) is 5.56 Å². The fourth-order valence-corrected chi connectivity index (χ4v) is 2.33. The molecule has 0 fully saturated rings. The van der Waals surface area contributed by atoms with Gasteiger partial charge in [-0.25, -0.2) is 0 Å². The second-order valence-electron chi connectivity index (χ2n) is 3.34. The van der Waals surface area contributed by atoms with E-state index in [9.17, 15) is 5.11 Å². The quantitative estimate of drug-likeness (QED) is 0.716. The molecular formula is C12H12OS. The largest absolute Gasteiger partial charge is 0.507 e. The fourth-order valence-electron chi connectivity index (χ4n) is 1.69. The molecule has 14 heavy (non-hydrogen) atoms. The number of hydrogen-bond acceptors (Lipinski definition) is 2. The van der Waals surface area contributed by atoms with Gasteiger partial charge in [0.25, 0.3) is 0 Å². The van der Waals surface area contributed by atoms with E-state index in [2.05, 4.69) is 6.07 Å². The van der Waals surface area contributed by atoms with Crippen molar-refractivity contribution < 1.29 is 5.11 Å². The van der Waals surface area contributed by atoms with Crippen LogP contribution in [0.15, 0.2) is 35.2 Å². The van der Waals surface area contributed by atoms with Crippen LogP contribution in [-0.2, 0) is 0 Å². The van der Waals surface area contributed by atoms with Crippen LogP contribution >= 0.6 is 11.8 Å². The van der Waals surface area contributed by atoms with Gasteiger partial charge in [-0.15, -0.1) is 11.8 Å². The van der Waals surface area contributed by atoms with E-state index in [1.54, 1.807) is 11.8 Å². The number of hydrogen-bond donors (Lipinski definition) is 1. The zero-order valence-electron chi connectivity index (χ0n) is 8.24. The summed E-state index contributed by atoms with van der Waals surface area (Å²) < 4.78 is 0. The molecule has 0 aliphatic carbocycles. The first-order chi connectivity index (χ1) is 6.72. The van der Waals surface area contributed by atoms with Gasteiger partial charge in [0.15, 0.2) is 0 Å². The van der Waals surface area contributed by atoms with Crippen LogP contribution in [0.25, 0.3) is 10.8 Å². The average Bonchev–Trinajstić information content (AvgIpc) is 2.16. The topological polar surface area (TPSA) is 20.2 Å². The monoisotopic (exact) mass is 204 g/mol. The fraction of sp³-hybridized carbons (Fsp3) is 0.167. The average molecular weight is 204 g/mol. The van der Waals surface area contributed by atoms with Crippen LogP contribution in [0.5, 0.6) is 5.75 Å². The number of aryl methyl sites for hydroxylation is 1. The maximum Gasteiger partial charge on any atom is 0.124 e. The number of aromatic hydroxyl groups is 1. The Morgan fingerprint density at radius 2 is 2.00 bits per heavy atom. The van der Waals surface area contributed by atoms with Crippen molar-refractivity contribution in [1.82, 2.24) is 0 Å². The lowest BCUT2D eigenvalue weighted by Crippen LogP contribution is -1.80. The van der Waals surface area contributed by atoms with E-state index in [-0.39, 0.29) is 0 Å². The first-order valence-electron chi connectivity index (χ1n) is 4.48. The van der Waals surface area contributed by atoms with Crippen molar-refractivity contribution in [3.8, 4) is 5.75 Å². The molecule has 0 unspecified atom stereocenters. The number of fused-ring (bicyclic) bond motifs is 1. The molecule has 0 aromatic heterocycles. The van der Waals surface area contributed by atoms with Crippen LogP contribution in [0, 0.1) is 6.92 Å². The molecule has 0 amide bonds. The third kappa shape index (κ3) is 1.46. The first kappa shape index (κ1) is 9.41. The Labute approximate surface area is 87.8 Å². The van der Waals surface area contributed by atoms with E-state index in [0.29, 0.717) is 5.75 Å². The molecule has 0 radical (unpaired) electrons. The summed E-state index contributed by atoms with van der Waals surface area (Å²) in [6, 6.07) is 9.98. The predicted octanol–water partition coefficient (Wildman–Crippen LogP) is 3.58. The molecule has 0 spiro atoms. The van der Waals surface area contributed by atoms with Gasteiger partial charge in [-0.1, -0.05) is 18.2 Å². The van der Waals surface area contributed by atoms with Crippen molar-refractivity contribution in [3.63, 3.8) is 0 Å². The number of phenolic OH excluding ortho intramolecular Hbond substituents is 1. The molecule has 2 rings (SSSR count). The summed E-state index contributed by atoms with van der Waals surface area (Å²) >= 11 is 1.66. The summed E-state index contributed by atoms with van der Waals surface area (Å²) in [5.74, 6) is 0.380. The van der Waals surface area contributed by atoms with Crippen molar-refractivity contribution in [1.29, 1.82) is 0 Å². The molecule has 0 heterocycles. The normalized spacial score (nSPS) is 10.7. The Morgan fingerprint density at radius 1 is 1.21 bits per heavy atom. The number of rotatable bonds is 1. The van der Waals surface area contributed by atoms with Crippen molar-refractivity contribution in [2.45, 2.75) is 11.8 Å². The minimum atomic E-state index is 0.380. The van der Waals surface area contributed by atoms with Gasteiger partial charge >= 0.3 is 0 Å². The van der Waals surface area contributed by atoms with Crippen molar-refractivity contribution >= 4 is 22.5 Å². The highest BCUT2D eigenvalue weighted by atomic mass is 32.2. The zero-order chi connectivity index (χ0) is 10.1. The molecule has 2 aromatic rings. The second kappa shape index (κ2) is 3.54. The minimum Gasteiger partial charge on any atom is -0.507 e. The Bertz CT molecular complexity index is 477. The third-order valence-electron chi connectivity index (χ3n) is 2.28. The van der Waals surface area contributed by atoms with E-state index in [1.165, 1.54) is 0 Å². The van der Waals surface area contributed by atoms with E-state index >= 15 is 0 Å². The van der Waals surface area contributed by atoms with Gasteiger partial charge in [0.2, 0.25) is 0 Å². The lowest BCUT2D eigenvalue weighted by Gasteiger charge is -2.06. The zero-order valence-corrected chi connectivity index (χ0v) is 9.06. The minimum absolute atomic E-state index is 0.380. The molecule has 0 saturated carbocycles. The standard InChI is InChI=1S/C12H12OS/c1-8-6-9-4-3-5-11(14-2)12(9)10(13)7-8/h3-7,13H,1-2H3. The molecular weight excluding hydrogens is 192 g/mol. The first-order valence-corrected chi connectivity index (χ1v) is 5.71. The van der Waals surface area contributed by atoms with Gasteiger partial charge in [-0.05, 0) is 36.3 Å². The molecule has 0 saturated heterocycles. The molecule has 0 atom stereocenters. The summed E-state index contributed by atoms with van der Waals surface area (Å²) in [5, 5.41) is 11.9. The summed E-state index contributed by atoms with van der Waals surface area (Å²) in [7, 11) is 0. The Hall–Kier alpha value is -1.15. The second-order valence-corrected chi connectivity index (χ2v) is 4.19. The Balaban J connectivity index is 2.87. The summed E-state index contributed by atoms with van der Waals surface area (Å²) in [6.07, 6.45) is 2.02. The smallest absolute Gasteiger partial charge is 0.124 e. The van der Waals surface area contributed by atoms with Gasteiger partial charge in [0.1, 0.15) is 5.75 Å². The summed E-state index contributed by atoms with van der Waals surface area (Å²) in [5.41, 5.74) is 1.09. The van der Waals surface area contributed by atoms with Crippen molar-refractivity contribution in [3.05, 3.63) is 35.9 Å². The molecule has 2 heteroatoms. The van der Waals surface area contributed by atoms with Gasteiger partial charge in [0.05, 0.1) is 0 Å². The maximum atomic E-state index is 9.85. The van der Waals surface area contributed by atoms with Gasteiger partial charge in [-0.3, -0.25) is 0 Å². The lowest BCUT2D eigenvalue weighted by molar-refractivity contribution is 0.480. The molecule has 2 aromatic carbocycles. The molecule has 0 aliphatic heterocycles. The molecule has 72 valence electrons. The summed E-state index contributed by atoms with van der Waals surface area (Å²) in [4.78, 5) is 1.13. The number of phenols is 1. The van der Waals surface area contributed by atoms with Crippen molar-refractivity contribution in [2.24, 2.45) is 0 Å². The molecule has 1 N–H and O–H groups in total. The van der Waals surface area contributed by atoms with Gasteiger partial charge in [0, 0.05) is 10.3 Å². The Kier molecular flexibility index (Phi) is 2.38. The van der Waals surface area contributed by atoms with E-state index in [1.807, 2.05) is 37.4 Å². The van der Waals surface area contributed by atoms with Crippen LogP contribution < -0.4 is 0 Å². The van der Waals surface area contributed by atoms with Crippen molar-refractivity contribution in [2.75, 3.05) is 6.26 Å². The predicted molar refractivity (Wildman–Crippen MR) is 62.1 cm³/mol. The van der Waals surface area contributed by atoms with Gasteiger partial charge < -0.3 is 5.11 Å². The van der Waals surface area contributed by atoms with Crippen LogP contribution in [-0.4, -0.2) is 11.4 Å². The SMILES string of the molecule is CSc1cccc2cc(C)cc(O)c12. The van der Waals surface area contributed by atoms with E-state index < -0.39 is 0 Å². The third-order valence-corrected chi connectivity index (χ3v) is 3.06. The number of benzene rings is 2. The number of thioether (sulfide) groups is 1. The molecule has 0 bridgehead atoms. The summed E-state index contributed by atoms with van der Waals surface area (Å²) in [6.45, 7) is 1.99. The van der Waals surface area contributed by atoms with Crippen LogP contribution in [0.2, 0.25) is 0 Å². The highest BCUT2D eigenvalue weighted by Gasteiger charge is 2.05. The molecule has 0 aliphatic rings. The van der Waals surface area contributed by atoms with Gasteiger partial charge in [-0.2, -0.15) is 0 Å². The van der Waals surface area contributed by atoms with E-state index in [4.69, 9.17) is 0 Å². The highest BCUT2D eigenvalue weighted by molar-refractivity contribution is 7.98. The van der Waals surface area contributed by atoms with Crippen LogP contribution in [0.3, 0.4) is 0 Å². The van der Waals surface area contributed by atoms with E-state index in [0.717, 1.165) is 21.2 Å². The Morgan fingerprint density at radius 3 is 2.71 bits per heavy atom. The lowest BCUT2D eigenvalue weighted by atomic mass is 10.1. The maximum absolute atomic E-state index is 9.85.